The molecule has 16 heavy (non-hydrogen) atoms. The summed E-state index contributed by atoms with van der Waals surface area (Å²) < 4.78 is 10.5. The van der Waals surface area contributed by atoms with Gasteiger partial charge in [0.15, 0.2) is 6.10 Å². The fourth-order valence-electron chi connectivity index (χ4n) is 1.41. The molecule has 0 saturated carbocycles. The van der Waals surface area contributed by atoms with Crippen LogP contribution in [0.3, 0.4) is 0 Å². The first kappa shape index (κ1) is 12.8. The normalized spacial score (nSPS) is 26.1. The molecule has 0 aromatic carbocycles. The quantitative estimate of drug-likeness (QED) is 0.628. The third kappa shape index (κ3) is 3.38. The van der Waals surface area contributed by atoms with Crippen molar-refractivity contribution in [1.29, 1.82) is 5.26 Å². The summed E-state index contributed by atoms with van der Waals surface area (Å²) in [5.41, 5.74) is -0.517. The van der Waals surface area contributed by atoms with Gasteiger partial charge in [0.1, 0.15) is 5.60 Å². The van der Waals surface area contributed by atoms with E-state index in [4.69, 9.17) is 14.7 Å². The van der Waals surface area contributed by atoms with Gasteiger partial charge < -0.3 is 9.47 Å². The zero-order valence-corrected chi connectivity index (χ0v) is 10.2. The number of rotatable bonds is 0. The Kier molecular flexibility index (Phi) is 3.76. The summed E-state index contributed by atoms with van der Waals surface area (Å²) in [4.78, 5) is 13.4. The summed E-state index contributed by atoms with van der Waals surface area (Å²) in [5.74, 6) is 0. The smallest absolute Gasteiger partial charge is 0.410 e. The fraction of sp³-hybridized carbons (Fsp3) is 0.818. The van der Waals surface area contributed by atoms with Crippen LogP contribution in [0.5, 0.6) is 0 Å². The first-order valence-electron chi connectivity index (χ1n) is 5.34. The van der Waals surface area contributed by atoms with Crippen LogP contribution in [0.25, 0.3) is 0 Å². The summed E-state index contributed by atoms with van der Waals surface area (Å²) in [6.45, 7) is 7.97. The molecule has 2 atom stereocenters. The molecule has 0 bridgehead atoms. The van der Waals surface area contributed by atoms with E-state index in [0.717, 1.165) is 0 Å². The maximum atomic E-state index is 11.8. The van der Waals surface area contributed by atoms with E-state index in [1.807, 2.05) is 33.8 Å². The van der Waals surface area contributed by atoms with E-state index in [2.05, 4.69) is 0 Å². The second kappa shape index (κ2) is 4.71. The predicted octanol–water partition coefficient (Wildman–Crippen LogP) is 1.53. The Bertz CT molecular complexity index is 303. The number of hydrogen-bond donors (Lipinski definition) is 0. The monoisotopic (exact) mass is 226 g/mol. The highest BCUT2D eigenvalue weighted by Crippen LogP contribution is 2.16. The van der Waals surface area contributed by atoms with E-state index in [9.17, 15) is 4.79 Å². The largest absolute Gasteiger partial charge is 0.444 e. The molecule has 0 radical (unpaired) electrons. The van der Waals surface area contributed by atoms with Gasteiger partial charge in [-0.25, -0.2) is 4.79 Å². The van der Waals surface area contributed by atoms with Gasteiger partial charge in [-0.2, -0.15) is 5.26 Å². The summed E-state index contributed by atoms with van der Waals surface area (Å²) in [7, 11) is 0. The molecule has 1 saturated heterocycles. The molecule has 1 aliphatic heterocycles. The topological polar surface area (TPSA) is 62.6 Å². The molecule has 0 aliphatic carbocycles. The van der Waals surface area contributed by atoms with Crippen LogP contribution in [-0.4, -0.2) is 41.9 Å². The average molecular weight is 226 g/mol. The lowest BCUT2D eigenvalue weighted by Crippen LogP contribution is -2.52. The predicted molar refractivity (Wildman–Crippen MR) is 57.8 cm³/mol. The SMILES string of the molecule is C[C@H]1CO[C@@H](C#N)CN1C(=O)OC(C)(C)C. The second-order valence-electron chi connectivity index (χ2n) is 4.93. The summed E-state index contributed by atoms with van der Waals surface area (Å²) in [6, 6.07) is 1.94. The van der Waals surface area contributed by atoms with Crippen LogP contribution in [0.4, 0.5) is 4.79 Å². The lowest BCUT2D eigenvalue weighted by atomic mass is 10.2. The van der Waals surface area contributed by atoms with Crippen LogP contribution in [0, 0.1) is 11.3 Å². The molecular formula is C11H18N2O3. The number of ether oxygens (including phenoxy) is 2. The molecule has 1 rings (SSSR count). The van der Waals surface area contributed by atoms with E-state index >= 15 is 0 Å². The van der Waals surface area contributed by atoms with Crippen molar-refractivity contribution in [3.05, 3.63) is 0 Å². The number of carbonyl (C=O) groups excluding carboxylic acids is 1. The lowest BCUT2D eigenvalue weighted by molar-refractivity contribution is -0.0473. The summed E-state index contributed by atoms with van der Waals surface area (Å²) in [6.07, 6.45) is -0.938. The van der Waals surface area contributed by atoms with Crippen LogP contribution < -0.4 is 0 Å². The van der Waals surface area contributed by atoms with E-state index in [0.29, 0.717) is 6.61 Å². The van der Waals surface area contributed by atoms with Crippen molar-refractivity contribution in [3.63, 3.8) is 0 Å². The molecule has 0 aromatic heterocycles. The van der Waals surface area contributed by atoms with Crippen molar-refractivity contribution in [2.75, 3.05) is 13.2 Å². The van der Waals surface area contributed by atoms with Gasteiger partial charge in [0.05, 0.1) is 25.3 Å². The van der Waals surface area contributed by atoms with Crippen molar-refractivity contribution in [2.24, 2.45) is 0 Å². The number of nitrogens with zero attached hydrogens (tertiary/aromatic N) is 2. The Labute approximate surface area is 95.9 Å². The van der Waals surface area contributed by atoms with Crippen LogP contribution in [0.15, 0.2) is 0 Å². The van der Waals surface area contributed by atoms with Gasteiger partial charge in [0, 0.05) is 0 Å². The molecular weight excluding hydrogens is 208 g/mol. The van der Waals surface area contributed by atoms with E-state index in [1.165, 1.54) is 0 Å². The zero-order valence-electron chi connectivity index (χ0n) is 10.2. The molecule has 0 aromatic rings. The highest BCUT2D eigenvalue weighted by Gasteiger charge is 2.32. The van der Waals surface area contributed by atoms with Gasteiger partial charge in [0.2, 0.25) is 0 Å². The van der Waals surface area contributed by atoms with Crippen LogP contribution >= 0.6 is 0 Å². The Morgan fingerprint density at radius 1 is 1.56 bits per heavy atom. The van der Waals surface area contributed by atoms with E-state index < -0.39 is 11.7 Å². The van der Waals surface area contributed by atoms with Gasteiger partial charge in [-0.3, -0.25) is 4.90 Å². The number of amides is 1. The van der Waals surface area contributed by atoms with Crippen molar-refractivity contribution in [3.8, 4) is 6.07 Å². The van der Waals surface area contributed by atoms with Crippen LogP contribution in [-0.2, 0) is 9.47 Å². The van der Waals surface area contributed by atoms with E-state index in [1.54, 1.807) is 4.90 Å². The van der Waals surface area contributed by atoms with Gasteiger partial charge >= 0.3 is 6.09 Å². The molecule has 90 valence electrons. The third-order valence-electron chi connectivity index (χ3n) is 2.21. The molecule has 1 fully saturated rings. The minimum atomic E-state index is -0.552. The van der Waals surface area contributed by atoms with Crippen LogP contribution in [0.2, 0.25) is 0 Å². The maximum Gasteiger partial charge on any atom is 0.410 e. The minimum absolute atomic E-state index is 0.0561. The molecule has 1 amide bonds. The van der Waals surface area contributed by atoms with Crippen molar-refractivity contribution >= 4 is 6.09 Å². The Hall–Kier alpha value is -1.28. The summed E-state index contributed by atoms with van der Waals surface area (Å²) >= 11 is 0. The highest BCUT2D eigenvalue weighted by molar-refractivity contribution is 5.68. The van der Waals surface area contributed by atoms with Gasteiger partial charge in [0.25, 0.3) is 0 Å². The standard InChI is InChI=1S/C11H18N2O3/c1-8-7-15-9(5-12)6-13(8)10(14)16-11(2,3)4/h8-9H,6-7H2,1-4H3/t8-,9-/m0/s1. The van der Waals surface area contributed by atoms with Crippen molar-refractivity contribution in [1.82, 2.24) is 4.90 Å². The molecule has 5 nitrogen and oxygen atoms in total. The van der Waals surface area contributed by atoms with Crippen molar-refractivity contribution in [2.45, 2.75) is 45.4 Å². The minimum Gasteiger partial charge on any atom is -0.444 e. The lowest BCUT2D eigenvalue weighted by Gasteiger charge is -2.36. The number of carbonyl (C=O) groups is 1. The fourth-order valence-corrected chi connectivity index (χ4v) is 1.41. The van der Waals surface area contributed by atoms with Gasteiger partial charge in [-0.05, 0) is 27.7 Å². The number of morpholine rings is 1. The third-order valence-corrected chi connectivity index (χ3v) is 2.21. The highest BCUT2D eigenvalue weighted by atomic mass is 16.6. The molecule has 1 aliphatic rings. The first-order chi connectivity index (χ1) is 7.33. The second-order valence-corrected chi connectivity index (χ2v) is 4.93. The maximum absolute atomic E-state index is 11.8. The number of hydrogen-bond acceptors (Lipinski definition) is 4. The summed E-state index contributed by atoms with van der Waals surface area (Å²) in [5, 5.41) is 8.76. The van der Waals surface area contributed by atoms with Crippen LogP contribution in [0.1, 0.15) is 27.7 Å². The Balaban J connectivity index is 2.63. The molecule has 0 unspecified atom stereocenters. The average Bonchev–Trinajstić information content (AvgIpc) is 2.15. The Morgan fingerprint density at radius 2 is 2.19 bits per heavy atom. The number of nitriles is 1. The molecule has 5 heteroatoms. The van der Waals surface area contributed by atoms with Crippen molar-refractivity contribution < 1.29 is 14.3 Å². The molecule has 0 spiro atoms. The van der Waals surface area contributed by atoms with Gasteiger partial charge in [-0.1, -0.05) is 0 Å². The zero-order chi connectivity index (χ0) is 12.3. The first-order valence-corrected chi connectivity index (χ1v) is 5.34. The molecule has 1 heterocycles. The molecule has 0 N–H and O–H groups in total. The van der Waals surface area contributed by atoms with Gasteiger partial charge in [-0.15, -0.1) is 0 Å². The van der Waals surface area contributed by atoms with E-state index in [-0.39, 0.29) is 18.7 Å². The Morgan fingerprint density at radius 3 is 2.69 bits per heavy atom.